The molecule has 15 heavy (non-hydrogen) atoms. The molecule has 1 aromatic heterocycles. The van der Waals surface area contributed by atoms with Crippen LogP contribution in [0.4, 0.5) is 0 Å². The van der Waals surface area contributed by atoms with Crippen LogP contribution in [0, 0.1) is 6.92 Å². The van der Waals surface area contributed by atoms with Crippen molar-refractivity contribution in [3.63, 3.8) is 0 Å². The van der Waals surface area contributed by atoms with E-state index >= 15 is 0 Å². The minimum absolute atomic E-state index is 0. The summed E-state index contributed by atoms with van der Waals surface area (Å²) >= 11 is 5.08. The summed E-state index contributed by atoms with van der Waals surface area (Å²) in [7, 11) is 0. The van der Waals surface area contributed by atoms with E-state index in [1.54, 1.807) is 19.1 Å². The summed E-state index contributed by atoms with van der Waals surface area (Å²) in [5.41, 5.74) is 0. The third-order valence-electron chi connectivity index (χ3n) is 1.94. The van der Waals surface area contributed by atoms with Crippen LogP contribution in [0.25, 0.3) is 10.1 Å². The van der Waals surface area contributed by atoms with Crippen molar-refractivity contribution in [2.75, 3.05) is 0 Å². The van der Waals surface area contributed by atoms with E-state index in [2.05, 4.69) is 0 Å². The third-order valence-corrected chi connectivity index (χ3v) is 4.25. The van der Waals surface area contributed by atoms with Crippen molar-refractivity contribution in [3.05, 3.63) is 28.1 Å². The average molecular weight is 269 g/mol. The third kappa shape index (κ3) is 2.64. The van der Waals surface area contributed by atoms with Crippen LogP contribution in [0.15, 0.2) is 23.1 Å². The first kappa shape index (κ1) is 13.6. The monoisotopic (exact) mass is 268 g/mol. The van der Waals surface area contributed by atoms with Gasteiger partial charge in [0.05, 0.1) is 0 Å². The van der Waals surface area contributed by atoms with Crippen LogP contribution in [0.1, 0.15) is 4.88 Å². The molecule has 6 heteroatoms. The predicted octanol–water partition coefficient (Wildman–Crippen LogP) is 0.105. The maximum atomic E-state index is 11.0. The second kappa shape index (κ2) is 5.27. The molecule has 0 N–H and O–H groups in total. The molecular weight excluding hydrogens is 263 g/mol. The van der Waals surface area contributed by atoms with Gasteiger partial charge in [-0.25, -0.2) is 0 Å². The van der Waals surface area contributed by atoms with Gasteiger partial charge in [-0.15, -0.1) is 11.3 Å². The molecule has 2 aromatic rings. The van der Waals surface area contributed by atoms with Crippen LogP contribution in [-0.2, 0) is 11.1 Å². The number of thiophene rings is 1. The van der Waals surface area contributed by atoms with Crippen molar-refractivity contribution in [2.24, 2.45) is 0 Å². The molecule has 0 radical (unpaired) electrons. The smallest absolute Gasteiger partial charge is 0.768 e. The zero-order chi connectivity index (χ0) is 10.3. The molecule has 1 heterocycles. The zero-order valence-corrected chi connectivity index (χ0v) is 12.6. The van der Waals surface area contributed by atoms with E-state index in [0.717, 1.165) is 9.58 Å². The molecule has 0 saturated heterocycles. The molecule has 0 amide bonds. The largest absolute Gasteiger partial charge is 1.00 e. The van der Waals surface area contributed by atoms with E-state index in [-0.39, 0.29) is 29.6 Å². The standard InChI is InChI=1S/C9H7ClO2S2.Na/c1-5-9(14(11)12)7-4-6(10)2-3-8(7)13-5;/h2-4H,1H3,(H,11,12);/q;+1/p-1. The van der Waals surface area contributed by atoms with Crippen LogP contribution in [0.3, 0.4) is 0 Å². The summed E-state index contributed by atoms with van der Waals surface area (Å²) < 4.78 is 22.9. The first-order chi connectivity index (χ1) is 6.59. The number of benzene rings is 1. The average Bonchev–Trinajstić information content (AvgIpc) is 2.40. The summed E-state index contributed by atoms with van der Waals surface area (Å²) in [4.78, 5) is 1.17. The Hall–Kier alpha value is 0.580. The van der Waals surface area contributed by atoms with Crippen LogP contribution in [-0.4, -0.2) is 8.76 Å². The number of hydrogen-bond acceptors (Lipinski definition) is 3. The fourth-order valence-electron chi connectivity index (χ4n) is 1.38. The molecule has 1 aromatic carbocycles. The summed E-state index contributed by atoms with van der Waals surface area (Å²) in [5, 5.41) is 1.27. The number of hydrogen-bond donors (Lipinski definition) is 0. The fraction of sp³-hybridized carbons (Fsp3) is 0.111. The maximum absolute atomic E-state index is 11.0. The SMILES string of the molecule is Cc1sc2ccc(Cl)cc2c1S(=O)[O-].[Na+]. The summed E-state index contributed by atoms with van der Waals surface area (Å²) in [6, 6.07) is 5.29. The van der Waals surface area contributed by atoms with Crippen LogP contribution < -0.4 is 29.6 Å². The zero-order valence-electron chi connectivity index (χ0n) is 8.24. The Bertz CT molecular complexity index is 524. The van der Waals surface area contributed by atoms with E-state index in [4.69, 9.17) is 11.6 Å². The van der Waals surface area contributed by atoms with E-state index in [1.165, 1.54) is 11.3 Å². The minimum atomic E-state index is -2.19. The second-order valence-electron chi connectivity index (χ2n) is 2.86. The normalized spacial score (nSPS) is 12.5. The summed E-state index contributed by atoms with van der Waals surface area (Å²) in [6.45, 7) is 1.80. The van der Waals surface area contributed by atoms with Crippen molar-refractivity contribution in [3.8, 4) is 0 Å². The quantitative estimate of drug-likeness (QED) is 0.544. The second-order valence-corrected chi connectivity index (χ2v) is 5.43. The Labute approximate surface area is 121 Å². The molecule has 0 spiro atoms. The summed E-state index contributed by atoms with van der Waals surface area (Å²) in [6.07, 6.45) is 0. The van der Waals surface area contributed by atoms with Gasteiger partial charge in [-0.1, -0.05) is 11.6 Å². The topological polar surface area (TPSA) is 40.1 Å². The van der Waals surface area contributed by atoms with Crippen LogP contribution in [0.2, 0.25) is 5.02 Å². The van der Waals surface area contributed by atoms with Gasteiger partial charge in [0.1, 0.15) is 0 Å². The molecule has 0 aliphatic rings. The molecule has 74 valence electrons. The summed E-state index contributed by atoms with van der Waals surface area (Å²) in [5.74, 6) is 0. The molecule has 0 aliphatic carbocycles. The Morgan fingerprint density at radius 2 is 2.13 bits per heavy atom. The van der Waals surface area contributed by atoms with E-state index in [0.29, 0.717) is 15.3 Å². The maximum Gasteiger partial charge on any atom is 1.00 e. The Morgan fingerprint density at radius 3 is 2.73 bits per heavy atom. The molecule has 0 bridgehead atoms. The van der Waals surface area contributed by atoms with Gasteiger partial charge < -0.3 is 4.55 Å². The molecule has 2 nitrogen and oxygen atoms in total. The van der Waals surface area contributed by atoms with E-state index in [9.17, 15) is 8.76 Å². The Morgan fingerprint density at radius 1 is 1.47 bits per heavy atom. The van der Waals surface area contributed by atoms with Gasteiger partial charge in [0.25, 0.3) is 0 Å². The van der Waals surface area contributed by atoms with Gasteiger partial charge >= 0.3 is 29.6 Å². The number of fused-ring (bicyclic) bond motifs is 1. The van der Waals surface area contributed by atoms with Crippen LogP contribution in [0.5, 0.6) is 0 Å². The van der Waals surface area contributed by atoms with Crippen molar-refractivity contribution < 1.29 is 38.3 Å². The molecule has 0 saturated carbocycles. The van der Waals surface area contributed by atoms with Gasteiger partial charge in [0, 0.05) is 24.9 Å². The van der Waals surface area contributed by atoms with Crippen molar-refractivity contribution in [1.82, 2.24) is 0 Å². The van der Waals surface area contributed by atoms with Crippen molar-refractivity contribution >= 4 is 44.1 Å². The molecule has 0 aliphatic heterocycles. The van der Waals surface area contributed by atoms with Gasteiger partial charge in [-0.2, -0.15) is 0 Å². The number of rotatable bonds is 1. The van der Waals surface area contributed by atoms with Crippen molar-refractivity contribution in [1.29, 1.82) is 0 Å². The first-order valence-electron chi connectivity index (χ1n) is 3.87. The van der Waals surface area contributed by atoms with E-state index < -0.39 is 11.1 Å². The van der Waals surface area contributed by atoms with Gasteiger partial charge in [-0.05, 0) is 36.2 Å². The first-order valence-corrected chi connectivity index (χ1v) is 6.14. The van der Waals surface area contributed by atoms with Gasteiger partial charge in [0.2, 0.25) is 0 Å². The van der Waals surface area contributed by atoms with Crippen LogP contribution >= 0.6 is 22.9 Å². The Kier molecular flexibility index (Phi) is 4.80. The minimum Gasteiger partial charge on any atom is -0.768 e. The molecule has 2 rings (SSSR count). The molecule has 0 fully saturated rings. The molecule has 1 unspecified atom stereocenters. The molecular formula is C9H6ClNaO2S2. The number of halogens is 1. The van der Waals surface area contributed by atoms with Crippen molar-refractivity contribution in [2.45, 2.75) is 11.8 Å². The Balaban J connectivity index is 0.00000112. The number of aryl methyl sites for hydroxylation is 1. The fourth-order valence-corrected chi connectivity index (χ4v) is 3.47. The van der Waals surface area contributed by atoms with Gasteiger partial charge in [0.15, 0.2) is 0 Å². The van der Waals surface area contributed by atoms with Gasteiger partial charge in [-0.3, -0.25) is 4.21 Å². The molecule has 1 atom stereocenters. The predicted molar refractivity (Wildman–Crippen MR) is 58.8 cm³/mol. The van der Waals surface area contributed by atoms with E-state index in [1.807, 2.05) is 6.07 Å².